The Morgan fingerprint density at radius 3 is 2.39 bits per heavy atom. The normalized spacial score (nSPS) is 20.3. The number of hydrogen-bond acceptors (Lipinski definition) is 6. The highest BCUT2D eigenvalue weighted by Gasteiger charge is 2.41. The molecule has 3 rings (SSSR count). The minimum atomic E-state index is -0.682. The van der Waals surface area contributed by atoms with E-state index in [4.69, 9.17) is 4.28 Å². The van der Waals surface area contributed by atoms with Crippen LogP contribution in [0.5, 0.6) is 0 Å². The molecule has 3 atom stereocenters. The lowest BCUT2D eigenvalue weighted by atomic mass is 9.85. The lowest BCUT2D eigenvalue weighted by Crippen LogP contribution is -2.57. The van der Waals surface area contributed by atoms with Crippen molar-refractivity contribution in [1.82, 2.24) is 21.0 Å². The number of nitrogens with zero attached hydrogens (tertiary/aromatic N) is 1. The fraction of sp³-hybridized carbons (Fsp3) is 0.542. The molecule has 0 aromatic heterocycles. The molecule has 1 aromatic rings. The van der Waals surface area contributed by atoms with Crippen LogP contribution < -0.4 is 16.1 Å². The van der Waals surface area contributed by atoms with Crippen LogP contribution >= 0.6 is 12.0 Å². The Morgan fingerprint density at radius 1 is 1.18 bits per heavy atom. The summed E-state index contributed by atoms with van der Waals surface area (Å²) in [5, 5.41) is 5.84. The van der Waals surface area contributed by atoms with Crippen molar-refractivity contribution >= 4 is 34.7 Å². The Morgan fingerprint density at radius 2 is 1.85 bits per heavy atom. The molecule has 0 spiro atoms. The zero-order chi connectivity index (χ0) is 24.3. The number of hydrogen-bond donors (Lipinski definition) is 3. The molecular formula is C24H34N4O4S. The van der Waals surface area contributed by atoms with Gasteiger partial charge in [0.15, 0.2) is 0 Å². The van der Waals surface area contributed by atoms with Gasteiger partial charge >= 0.3 is 0 Å². The van der Waals surface area contributed by atoms with Crippen LogP contribution in [0.4, 0.5) is 0 Å². The van der Waals surface area contributed by atoms with Gasteiger partial charge in [-0.3, -0.25) is 19.9 Å². The van der Waals surface area contributed by atoms with Crippen molar-refractivity contribution in [2.24, 2.45) is 5.41 Å². The minimum absolute atomic E-state index is 0.171. The van der Waals surface area contributed by atoms with Gasteiger partial charge in [0.2, 0.25) is 17.7 Å². The minimum Gasteiger partial charge on any atom is -0.348 e. The summed E-state index contributed by atoms with van der Waals surface area (Å²) >= 11 is 1.29. The number of hydroxylamine groups is 1. The zero-order valence-corrected chi connectivity index (χ0v) is 21.0. The number of rotatable bonds is 6. The van der Waals surface area contributed by atoms with E-state index in [1.165, 1.54) is 19.0 Å². The first-order valence-corrected chi connectivity index (χ1v) is 12.0. The second-order valence-electron chi connectivity index (χ2n) is 9.76. The van der Waals surface area contributed by atoms with Gasteiger partial charge in [-0.1, -0.05) is 45.0 Å². The van der Waals surface area contributed by atoms with E-state index in [0.717, 1.165) is 28.1 Å². The molecule has 0 saturated carbocycles. The molecule has 3 amide bonds. The summed E-state index contributed by atoms with van der Waals surface area (Å²) in [5.74, 6) is -0.638. The molecule has 8 nitrogen and oxygen atoms in total. The molecular weight excluding hydrogens is 440 g/mol. The molecule has 9 heteroatoms. The molecule has 33 heavy (non-hydrogen) atoms. The highest BCUT2D eigenvalue weighted by Crippen LogP contribution is 2.35. The monoisotopic (exact) mass is 474 g/mol. The Labute approximate surface area is 200 Å². The van der Waals surface area contributed by atoms with E-state index in [9.17, 15) is 14.4 Å². The largest absolute Gasteiger partial charge is 0.348 e. The van der Waals surface area contributed by atoms with Crippen molar-refractivity contribution in [3.63, 3.8) is 0 Å². The number of benzene rings is 1. The van der Waals surface area contributed by atoms with Crippen molar-refractivity contribution in [2.45, 2.75) is 72.5 Å². The van der Waals surface area contributed by atoms with Crippen LogP contribution in [0.2, 0.25) is 0 Å². The van der Waals surface area contributed by atoms with Crippen molar-refractivity contribution in [3.8, 4) is 0 Å². The van der Waals surface area contributed by atoms with E-state index >= 15 is 0 Å². The molecule has 0 bridgehead atoms. The molecule has 2 aliphatic heterocycles. The van der Waals surface area contributed by atoms with Crippen molar-refractivity contribution in [2.75, 3.05) is 6.54 Å². The molecule has 1 saturated heterocycles. The molecule has 0 aliphatic carbocycles. The highest BCUT2D eigenvalue weighted by atomic mass is 32.2. The first kappa shape index (κ1) is 25.1. The van der Waals surface area contributed by atoms with E-state index in [0.29, 0.717) is 13.0 Å². The lowest BCUT2D eigenvalue weighted by Gasteiger charge is -2.35. The van der Waals surface area contributed by atoms with E-state index < -0.39 is 17.5 Å². The van der Waals surface area contributed by atoms with Crippen molar-refractivity contribution in [1.29, 1.82) is 0 Å². The predicted molar refractivity (Wildman–Crippen MR) is 129 cm³/mol. The van der Waals surface area contributed by atoms with E-state index in [1.807, 2.05) is 58.9 Å². The van der Waals surface area contributed by atoms with E-state index in [-0.39, 0.29) is 23.8 Å². The third kappa shape index (κ3) is 5.89. The Bertz CT molecular complexity index is 939. The van der Waals surface area contributed by atoms with Crippen LogP contribution in [0.3, 0.4) is 0 Å². The Kier molecular flexibility index (Phi) is 7.74. The fourth-order valence-electron chi connectivity index (χ4n) is 4.14. The zero-order valence-electron chi connectivity index (χ0n) is 20.2. The first-order valence-electron chi connectivity index (χ1n) is 11.3. The summed E-state index contributed by atoms with van der Waals surface area (Å²) in [6.45, 7) is 11.5. The van der Waals surface area contributed by atoms with E-state index in [2.05, 4.69) is 16.1 Å². The third-order valence-corrected chi connectivity index (χ3v) is 6.87. The number of nitrogens with one attached hydrogen (secondary N) is 3. The van der Waals surface area contributed by atoms with Gasteiger partial charge in [-0.15, -0.1) is 0 Å². The number of carbonyl (C=O) groups is 3. The summed E-state index contributed by atoms with van der Waals surface area (Å²) in [6.07, 6.45) is 1.36. The summed E-state index contributed by atoms with van der Waals surface area (Å²) in [4.78, 5) is 40.8. The third-order valence-electron chi connectivity index (χ3n) is 5.99. The van der Waals surface area contributed by atoms with Crippen LogP contribution in [0, 0.1) is 5.41 Å². The molecule has 2 heterocycles. The summed E-state index contributed by atoms with van der Waals surface area (Å²) in [7, 11) is 0. The van der Waals surface area contributed by atoms with Crippen LogP contribution in [0.15, 0.2) is 30.0 Å². The summed E-state index contributed by atoms with van der Waals surface area (Å²) in [5.41, 5.74) is 5.36. The van der Waals surface area contributed by atoms with Gasteiger partial charge in [0.05, 0.1) is 28.7 Å². The lowest BCUT2D eigenvalue weighted by molar-refractivity contribution is -0.143. The molecule has 0 radical (unpaired) electrons. The maximum atomic E-state index is 13.3. The van der Waals surface area contributed by atoms with E-state index in [1.54, 1.807) is 4.90 Å². The quantitative estimate of drug-likeness (QED) is 0.547. The van der Waals surface area contributed by atoms with Gasteiger partial charge < -0.3 is 15.5 Å². The first-order chi connectivity index (χ1) is 15.5. The van der Waals surface area contributed by atoms with Crippen LogP contribution in [-0.4, -0.2) is 41.2 Å². The SMILES string of the molecule is CC(=O)NC(C(=O)N1CCCC1C(=O)NC(C)c1ccc(C2=C(C)NOS2)cc1)C(C)(C)C. The number of amides is 3. The maximum absolute atomic E-state index is 13.3. The predicted octanol–water partition coefficient (Wildman–Crippen LogP) is 3.28. The van der Waals surface area contributed by atoms with Gasteiger partial charge in [-0.25, -0.2) is 0 Å². The maximum Gasteiger partial charge on any atom is 0.246 e. The number of likely N-dealkylation sites (tertiary alicyclic amines) is 1. The fourth-order valence-corrected chi connectivity index (χ4v) is 4.78. The van der Waals surface area contributed by atoms with Crippen LogP contribution in [0.25, 0.3) is 4.91 Å². The van der Waals surface area contributed by atoms with Gasteiger partial charge in [-0.2, -0.15) is 4.28 Å². The second-order valence-corrected chi connectivity index (χ2v) is 10.5. The highest BCUT2D eigenvalue weighted by molar-refractivity contribution is 8.04. The van der Waals surface area contributed by atoms with Gasteiger partial charge in [0, 0.05) is 13.5 Å². The van der Waals surface area contributed by atoms with Gasteiger partial charge in [0.25, 0.3) is 0 Å². The van der Waals surface area contributed by atoms with Crippen LogP contribution in [-0.2, 0) is 18.7 Å². The molecule has 3 N–H and O–H groups in total. The summed E-state index contributed by atoms with van der Waals surface area (Å²) in [6, 6.07) is 6.56. The number of carbonyl (C=O) groups excluding carboxylic acids is 3. The van der Waals surface area contributed by atoms with Crippen molar-refractivity contribution < 1.29 is 18.7 Å². The Balaban J connectivity index is 1.68. The molecule has 1 aromatic carbocycles. The Hall–Kier alpha value is -2.52. The molecule has 1 fully saturated rings. The summed E-state index contributed by atoms with van der Waals surface area (Å²) < 4.78 is 5.18. The average Bonchev–Trinajstić information content (AvgIpc) is 3.40. The molecule has 3 unspecified atom stereocenters. The topological polar surface area (TPSA) is 99.8 Å². The molecule has 2 aliphatic rings. The van der Waals surface area contributed by atoms with Gasteiger partial charge in [0.1, 0.15) is 12.1 Å². The smallest absolute Gasteiger partial charge is 0.246 e. The average molecular weight is 475 g/mol. The number of allylic oxidation sites excluding steroid dienone is 1. The second kappa shape index (κ2) is 10.2. The molecule has 180 valence electrons. The van der Waals surface area contributed by atoms with Crippen molar-refractivity contribution in [3.05, 3.63) is 41.1 Å². The van der Waals surface area contributed by atoms with Gasteiger partial charge in [-0.05, 0) is 43.2 Å². The standard InChI is InChI=1S/C24H34N4O4S/c1-14(17-9-11-18(12-10-17)20-15(2)27-32-33-20)25-22(30)19-8-7-13-28(19)23(31)21(24(4,5)6)26-16(3)29/h9-12,14,19,21,27H,7-8,13H2,1-6H3,(H,25,30)(H,26,29). The van der Waals surface area contributed by atoms with Crippen LogP contribution in [0.1, 0.15) is 71.6 Å².